The van der Waals surface area contributed by atoms with Crippen molar-refractivity contribution in [1.82, 2.24) is 39.9 Å². The Morgan fingerprint density at radius 3 is 0.903 bits per heavy atom. The van der Waals surface area contributed by atoms with Crippen molar-refractivity contribution >= 4 is 91.2 Å². The molecule has 2 N–H and O–H groups in total. The second-order valence-corrected chi connectivity index (χ2v) is 21.7. The molecule has 0 saturated carbocycles. The molecule has 13 rings (SSSR count). The highest BCUT2D eigenvalue weighted by Gasteiger charge is 2.24. The van der Waals surface area contributed by atoms with Crippen LogP contribution in [0.3, 0.4) is 0 Å². The van der Waals surface area contributed by atoms with Gasteiger partial charge in [0.25, 0.3) is 0 Å². The quantitative estimate of drug-likeness (QED) is 0.115. The Kier molecular flexibility index (Phi) is 12.1. The van der Waals surface area contributed by atoms with Crippen LogP contribution >= 0.6 is 47.0 Å². The van der Waals surface area contributed by atoms with Gasteiger partial charge in [-0.1, -0.05) is 121 Å². The third kappa shape index (κ3) is 9.18. The van der Waals surface area contributed by atoms with E-state index in [1.54, 1.807) is 47.0 Å². The Bertz CT molecular complexity index is 3740. The standard InChI is InChI=1S/C60H42N8S4/c1-5-13-37(14-6-1)33-69-41-21-25-45-49(29-41)57-61-53(45)66-58-51-31-43(71-35-39-17-9-3-10-18-39)23-27-47(51)55(63-58)68-60-52-32-44(72-36-40-19-11-4-12-20-40)24-28-48(52)56(64-60)67-59-50-30-42(22-26-46(50)54(62-59)65-57)70-34-38-15-7-2-8-16-38/h1-32H,33-36H2,(H2,61,62,63,64,65,66,67,68). The van der Waals surface area contributed by atoms with Crippen LogP contribution in [0.15, 0.2) is 214 Å². The average Bonchev–Trinajstić information content (AvgIpc) is 4.16. The fourth-order valence-electron chi connectivity index (χ4n) is 9.03. The van der Waals surface area contributed by atoms with Crippen LogP contribution in [0.4, 0.5) is 0 Å². The fraction of sp³-hybridized carbons (Fsp3) is 0.0667. The summed E-state index contributed by atoms with van der Waals surface area (Å²) in [6.45, 7) is 0. The number of fused-ring (bicyclic) bond motifs is 20. The molecule has 8 bridgehead atoms. The topological polar surface area (TPSA) is 109 Å². The molecule has 5 heterocycles. The van der Waals surface area contributed by atoms with Crippen molar-refractivity contribution in [3.05, 3.63) is 216 Å². The van der Waals surface area contributed by atoms with E-state index in [0.29, 0.717) is 45.9 Å². The summed E-state index contributed by atoms with van der Waals surface area (Å²) in [6, 6.07) is 68.4. The van der Waals surface area contributed by atoms with Gasteiger partial charge in [-0.25, -0.2) is 29.9 Å². The van der Waals surface area contributed by atoms with E-state index >= 15 is 0 Å². The lowest BCUT2D eigenvalue weighted by Gasteiger charge is -2.05. The number of nitrogens with zero attached hydrogens (tertiary/aromatic N) is 6. The lowest BCUT2D eigenvalue weighted by Crippen LogP contribution is -1.85. The average molecular weight is 1000 g/mol. The highest BCUT2D eigenvalue weighted by atomic mass is 32.2. The van der Waals surface area contributed by atoms with Gasteiger partial charge in [0.15, 0.2) is 23.3 Å². The van der Waals surface area contributed by atoms with Gasteiger partial charge < -0.3 is 9.97 Å². The van der Waals surface area contributed by atoms with E-state index < -0.39 is 0 Å². The lowest BCUT2D eigenvalue weighted by molar-refractivity contribution is 1.19. The van der Waals surface area contributed by atoms with Crippen molar-refractivity contribution in [2.24, 2.45) is 0 Å². The number of aromatic amines is 2. The molecule has 0 amide bonds. The van der Waals surface area contributed by atoms with Crippen molar-refractivity contribution in [3.8, 4) is 45.6 Å². The van der Waals surface area contributed by atoms with Crippen LogP contribution in [0.2, 0.25) is 0 Å². The van der Waals surface area contributed by atoms with E-state index in [4.69, 9.17) is 29.9 Å². The third-order valence-electron chi connectivity index (χ3n) is 12.7. The molecular weight excluding hydrogens is 961 g/mol. The van der Waals surface area contributed by atoms with Crippen molar-refractivity contribution in [2.45, 2.75) is 42.6 Å². The number of H-pyrrole nitrogens is 2. The summed E-state index contributed by atoms with van der Waals surface area (Å²) in [6.07, 6.45) is 0. The number of hydrogen-bond donors (Lipinski definition) is 2. The van der Waals surface area contributed by atoms with Gasteiger partial charge in [-0.3, -0.25) is 0 Å². The van der Waals surface area contributed by atoms with Crippen molar-refractivity contribution in [2.75, 3.05) is 0 Å². The molecule has 0 unspecified atom stereocenters. The summed E-state index contributed by atoms with van der Waals surface area (Å²) in [5, 5.41) is 3.76. The Balaban J connectivity index is 1.02. The Morgan fingerprint density at radius 1 is 0.264 bits per heavy atom. The number of aromatic nitrogens is 8. The molecule has 0 fully saturated rings. The normalized spacial score (nSPS) is 11.8. The molecule has 0 saturated heterocycles. The minimum absolute atomic E-state index is 0.576. The largest absolute Gasteiger partial charge is 0.324 e. The van der Waals surface area contributed by atoms with Crippen LogP contribution < -0.4 is 0 Å². The van der Waals surface area contributed by atoms with Gasteiger partial charge in [0.05, 0.1) is 0 Å². The minimum atomic E-state index is 0.576. The van der Waals surface area contributed by atoms with Crippen molar-refractivity contribution in [1.29, 1.82) is 0 Å². The molecule has 8 nitrogen and oxygen atoms in total. The highest BCUT2D eigenvalue weighted by Crippen LogP contribution is 2.41. The summed E-state index contributed by atoms with van der Waals surface area (Å²) in [5.41, 5.74) is 11.4. The molecule has 346 valence electrons. The van der Waals surface area contributed by atoms with Gasteiger partial charge in [0, 0.05) is 86.4 Å². The van der Waals surface area contributed by atoms with Crippen LogP contribution in [-0.4, -0.2) is 39.9 Å². The Morgan fingerprint density at radius 2 is 0.556 bits per heavy atom. The monoisotopic (exact) mass is 1000 g/mol. The number of hydrogen-bond acceptors (Lipinski definition) is 10. The highest BCUT2D eigenvalue weighted by molar-refractivity contribution is 7.99. The summed E-state index contributed by atoms with van der Waals surface area (Å²) in [4.78, 5) is 44.0. The Labute approximate surface area is 432 Å². The molecule has 2 aliphatic heterocycles. The molecule has 0 atom stereocenters. The maximum atomic E-state index is 5.40. The second-order valence-electron chi connectivity index (χ2n) is 17.5. The molecule has 0 aliphatic carbocycles. The third-order valence-corrected chi connectivity index (χ3v) is 17.0. The Hall–Kier alpha value is -7.48. The first-order valence-corrected chi connectivity index (χ1v) is 27.6. The molecule has 2 aliphatic rings. The summed E-state index contributed by atoms with van der Waals surface area (Å²) >= 11 is 7.19. The van der Waals surface area contributed by atoms with E-state index in [-0.39, 0.29) is 0 Å². The SMILES string of the molecule is c1ccc(CSc2ccc3c(c2)-c2nc-3nc3[nH]c(nc4nc(nc5[nH]c(n2)c2ccc(SCc6ccccc6)cc52)-c2ccc(SCc5ccccc5)cc2-4)c2ccc(SCc4ccccc4)cc32)cc1. The van der Waals surface area contributed by atoms with E-state index in [0.717, 1.165) is 86.4 Å². The van der Waals surface area contributed by atoms with Gasteiger partial charge in [-0.15, -0.1) is 47.0 Å². The van der Waals surface area contributed by atoms with Gasteiger partial charge in [-0.05, 0) is 95.1 Å². The zero-order chi connectivity index (χ0) is 47.8. The predicted octanol–water partition coefficient (Wildman–Crippen LogP) is 16.0. The minimum Gasteiger partial charge on any atom is -0.324 e. The van der Waals surface area contributed by atoms with Gasteiger partial charge in [-0.2, -0.15) is 0 Å². The van der Waals surface area contributed by atoms with E-state index in [2.05, 4.69) is 204 Å². The first-order valence-electron chi connectivity index (χ1n) is 23.7. The molecule has 3 aromatic heterocycles. The number of thioether (sulfide) groups is 4. The predicted molar refractivity (Wildman–Crippen MR) is 300 cm³/mol. The van der Waals surface area contributed by atoms with Gasteiger partial charge >= 0.3 is 0 Å². The molecule has 11 aromatic rings. The smallest absolute Gasteiger partial charge is 0.164 e. The van der Waals surface area contributed by atoms with Crippen LogP contribution in [0.1, 0.15) is 22.3 Å². The number of nitrogens with one attached hydrogen (secondary N) is 2. The number of benzene rings is 8. The molecular formula is C60H42N8S4. The molecule has 72 heavy (non-hydrogen) atoms. The molecule has 8 aromatic carbocycles. The second kappa shape index (κ2) is 19.6. The molecule has 0 spiro atoms. The van der Waals surface area contributed by atoms with E-state index in [9.17, 15) is 0 Å². The maximum Gasteiger partial charge on any atom is 0.164 e. The van der Waals surface area contributed by atoms with Crippen LogP contribution in [0.5, 0.6) is 0 Å². The summed E-state index contributed by atoms with van der Waals surface area (Å²) in [5.74, 6) is 5.67. The molecule has 0 radical (unpaired) electrons. The van der Waals surface area contributed by atoms with Crippen molar-refractivity contribution < 1.29 is 0 Å². The van der Waals surface area contributed by atoms with Gasteiger partial charge in [0.2, 0.25) is 0 Å². The van der Waals surface area contributed by atoms with Crippen LogP contribution in [0.25, 0.3) is 89.7 Å². The van der Waals surface area contributed by atoms with E-state index in [1.807, 2.05) is 0 Å². The summed E-state index contributed by atoms with van der Waals surface area (Å²) < 4.78 is 0. The molecule has 12 heteroatoms. The van der Waals surface area contributed by atoms with Crippen LogP contribution in [0, 0.1) is 0 Å². The van der Waals surface area contributed by atoms with E-state index in [1.165, 1.54) is 22.3 Å². The zero-order valence-corrected chi connectivity index (χ0v) is 41.9. The lowest BCUT2D eigenvalue weighted by atomic mass is 10.1. The van der Waals surface area contributed by atoms with Crippen LogP contribution in [-0.2, 0) is 23.0 Å². The number of rotatable bonds is 12. The van der Waals surface area contributed by atoms with Gasteiger partial charge in [0.1, 0.15) is 22.6 Å². The first kappa shape index (κ1) is 44.5. The zero-order valence-electron chi connectivity index (χ0n) is 38.6. The first-order chi connectivity index (χ1) is 35.6. The fourth-order valence-corrected chi connectivity index (χ4v) is 12.6. The maximum absolute atomic E-state index is 5.40. The summed E-state index contributed by atoms with van der Waals surface area (Å²) in [7, 11) is 0. The van der Waals surface area contributed by atoms with Crippen molar-refractivity contribution in [3.63, 3.8) is 0 Å².